The Balaban J connectivity index is 1.90. The van der Waals surface area contributed by atoms with Gasteiger partial charge < -0.3 is 9.32 Å². The minimum Gasteiger partial charge on any atom is -0.467 e. The lowest BCUT2D eigenvalue weighted by atomic mass is 10.1. The van der Waals surface area contributed by atoms with E-state index >= 15 is 0 Å². The summed E-state index contributed by atoms with van der Waals surface area (Å²) in [6.07, 6.45) is 3.75. The summed E-state index contributed by atoms with van der Waals surface area (Å²) in [4.78, 5) is 2.20. The molecule has 1 aromatic heterocycles. The molecule has 1 unspecified atom stereocenters. The highest BCUT2D eigenvalue weighted by molar-refractivity contribution is 7.88. The predicted octanol–water partition coefficient (Wildman–Crippen LogP) is 1.93. The Morgan fingerprint density at radius 2 is 2.10 bits per heavy atom. The van der Waals surface area contributed by atoms with Crippen molar-refractivity contribution >= 4 is 15.7 Å². The Morgan fingerprint density at radius 3 is 2.81 bits per heavy atom. The van der Waals surface area contributed by atoms with Crippen molar-refractivity contribution in [1.29, 1.82) is 0 Å². The fourth-order valence-electron chi connectivity index (χ4n) is 2.76. The SMILES string of the molecule is CS(=O)(=O)NCC(c1ccco1)N1CCc2ccccc21. The minimum absolute atomic E-state index is 0.140. The summed E-state index contributed by atoms with van der Waals surface area (Å²) in [5.74, 6) is 0.767. The highest BCUT2D eigenvalue weighted by Crippen LogP contribution is 2.34. The van der Waals surface area contributed by atoms with Gasteiger partial charge in [0.1, 0.15) is 11.8 Å². The number of hydrogen-bond donors (Lipinski definition) is 1. The van der Waals surface area contributed by atoms with Gasteiger partial charge in [0.15, 0.2) is 0 Å². The molecule has 5 nitrogen and oxygen atoms in total. The van der Waals surface area contributed by atoms with Gasteiger partial charge in [0.2, 0.25) is 10.0 Å². The number of rotatable bonds is 5. The van der Waals surface area contributed by atoms with Gasteiger partial charge in [-0.05, 0) is 30.2 Å². The van der Waals surface area contributed by atoms with Crippen LogP contribution in [0.1, 0.15) is 17.4 Å². The van der Waals surface area contributed by atoms with Gasteiger partial charge in [0, 0.05) is 18.8 Å². The van der Waals surface area contributed by atoms with Gasteiger partial charge in [-0.15, -0.1) is 0 Å². The number of furan rings is 1. The van der Waals surface area contributed by atoms with Crippen LogP contribution in [0.2, 0.25) is 0 Å². The molecule has 0 fully saturated rings. The normalized spacial score (nSPS) is 16.0. The second-order valence-corrected chi connectivity index (χ2v) is 7.06. The third-order valence-corrected chi connectivity index (χ3v) is 4.40. The van der Waals surface area contributed by atoms with Crippen LogP contribution in [0.5, 0.6) is 0 Å². The molecule has 1 aliphatic heterocycles. The van der Waals surface area contributed by atoms with E-state index in [1.807, 2.05) is 24.3 Å². The first-order valence-corrected chi connectivity index (χ1v) is 8.76. The van der Waals surface area contributed by atoms with Crippen LogP contribution in [0.25, 0.3) is 0 Å². The molecule has 0 saturated carbocycles. The van der Waals surface area contributed by atoms with E-state index in [1.54, 1.807) is 6.26 Å². The number of sulfonamides is 1. The molecule has 2 heterocycles. The zero-order valence-electron chi connectivity index (χ0n) is 11.8. The van der Waals surface area contributed by atoms with Gasteiger partial charge in [-0.1, -0.05) is 18.2 Å². The van der Waals surface area contributed by atoms with E-state index in [0.29, 0.717) is 6.54 Å². The number of para-hydroxylation sites is 1. The summed E-state index contributed by atoms with van der Waals surface area (Å²) in [7, 11) is -3.24. The lowest BCUT2D eigenvalue weighted by Gasteiger charge is -2.29. The van der Waals surface area contributed by atoms with Crippen molar-refractivity contribution in [3.8, 4) is 0 Å². The van der Waals surface area contributed by atoms with Crippen molar-refractivity contribution in [3.05, 3.63) is 54.0 Å². The molecule has 1 N–H and O–H groups in total. The number of benzene rings is 1. The summed E-state index contributed by atoms with van der Waals surface area (Å²) in [6.45, 7) is 1.15. The predicted molar refractivity (Wildman–Crippen MR) is 81.8 cm³/mol. The van der Waals surface area contributed by atoms with E-state index in [9.17, 15) is 8.42 Å². The van der Waals surface area contributed by atoms with E-state index in [-0.39, 0.29) is 6.04 Å². The van der Waals surface area contributed by atoms with Crippen LogP contribution < -0.4 is 9.62 Å². The van der Waals surface area contributed by atoms with E-state index in [1.165, 1.54) is 11.8 Å². The molecule has 0 amide bonds. The summed E-state index contributed by atoms with van der Waals surface area (Å²) >= 11 is 0. The molecule has 0 saturated heterocycles. The molecule has 0 spiro atoms. The first-order chi connectivity index (χ1) is 10.0. The average molecular weight is 306 g/mol. The fourth-order valence-corrected chi connectivity index (χ4v) is 3.22. The zero-order chi connectivity index (χ0) is 14.9. The van der Waals surface area contributed by atoms with E-state index < -0.39 is 10.0 Å². The van der Waals surface area contributed by atoms with E-state index in [2.05, 4.69) is 21.8 Å². The maximum Gasteiger partial charge on any atom is 0.208 e. The minimum atomic E-state index is -3.24. The van der Waals surface area contributed by atoms with Gasteiger partial charge in [-0.3, -0.25) is 0 Å². The zero-order valence-corrected chi connectivity index (χ0v) is 12.6. The highest BCUT2D eigenvalue weighted by atomic mass is 32.2. The van der Waals surface area contributed by atoms with Crippen LogP contribution in [-0.4, -0.2) is 27.8 Å². The molecule has 0 aliphatic carbocycles. The Labute approximate surface area is 124 Å². The van der Waals surface area contributed by atoms with Crippen LogP contribution in [0.15, 0.2) is 47.1 Å². The first kappa shape index (κ1) is 14.2. The first-order valence-electron chi connectivity index (χ1n) is 6.87. The summed E-state index contributed by atoms with van der Waals surface area (Å²) in [6, 6.07) is 11.8. The van der Waals surface area contributed by atoms with Crippen LogP contribution >= 0.6 is 0 Å². The monoisotopic (exact) mass is 306 g/mol. The van der Waals surface area contributed by atoms with Crippen molar-refractivity contribution in [2.24, 2.45) is 0 Å². The Bertz CT molecular complexity index is 710. The van der Waals surface area contributed by atoms with E-state index in [0.717, 1.165) is 24.4 Å². The van der Waals surface area contributed by atoms with Gasteiger partial charge >= 0.3 is 0 Å². The van der Waals surface area contributed by atoms with Crippen molar-refractivity contribution < 1.29 is 12.8 Å². The number of fused-ring (bicyclic) bond motifs is 1. The maximum atomic E-state index is 11.4. The molecule has 112 valence electrons. The average Bonchev–Trinajstić information content (AvgIpc) is 3.08. The standard InChI is InChI=1S/C15H18N2O3S/c1-21(18,19)16-11-14(15-7-4-10-20-15)17-9-8-12-5-2-3-6-13(12)17/h2-7,10,14,16H,8-9,11H2,1H3. The van der Waals surface area contributed by atoms with Gasteiger partial charge in [-0.25, -0.2) is 13.1 Å². The Morgan fingerprint density at radius 1 is 1.29 bits per heavy atom. The molecule has 21 heavy (non-hydrogen) atoms. The van der Waals surface area contributed by atoms with Crippen LogP contribution in [0.3, 0.4) is 0 Å². The molecule has 0 bridgehead atoms. The summed E-state index contributed by atoms with van der Waals surface area (Å²) < 4.78 is 30.9. The molecule has 1 atom stereocenters. The van der Waals surface area contributed by atoms with Crippen LogP contribution in [0, 0.1) is 0 Å². The van der Waals surface area contributed by atoms with Crippen molar-refractivity contribution in [3.63, 3.8) is 0 Å². The van der Waals surface area contributed by atoms with Gasteiger partial charge in [0.05, 0.1) is 12.5 Å². The molecular weight excluding hydrogens is 288 g/mol. The van der Waals surface area contributed by atoms with Crippen LogP contribution in [-0.2, 0) is 16.4 Å². The quantitative estimate of drug-likeness (QED) is 0.917. The lowest BCUT2D eigenvalue weighted by Crippen LogP contribution is -2.36. The molecule has 1 aliphatic rings. The van der Waals surface area contributed by atoms with Crippen LogP contribution in [0.4, 0.5) is 5.69 Å². The maximum absolute atomic E-state index is 11.4. The lowest BCUT2D eigenvalue weighted by molar-refractivity contribution is 0.447. The smallest absolute Gasteiger partial charge is 0.208 e. The molecule has 3 rings (SSSR count). The van der Waals surface area contributed by atoms with Crippen molar-refractivity contribution in [1.82, 2.24) is 4.72 Å². The Kier molecular flexibility index (Phi) is 3.73. The second-order valence-electron chi connectivity index (χ2n) is 5.22. The number of nitrogens with zero attached hydrogens (tertiary/aromatic N) is 1. The molecule has 1 aromatic carbocycles. The summed E-state index contributed by atoms with van der Waals surface area (Å²) in [5.41, 5.74) is 2.43. The third-order valence-electron chi connectivity index (χ3n) is 3.71. The highest BCUT2D eigenvalue weighted by Gasteiger charge is 2.29. The molecule has 6 heteroatoms. The van der Waals surface area contributed by atoms with Gasteiger partial charge in [0.25, 0.3) is 0 Å². The largest absolute Gasteiger partial charge is 0.467 e. The Hall–Kier alpha value is -1.79. The fraction of sp³-hybridized carbons (Fsp3) is 0.333. The number of anilines is 1. The number of hydrogen-bond acceptors (Lipinski definition) is 4. The van der Waals surface area contributed by atoms with Gasteiger partial charge in [-0.2, -0.15) is 0 Å². The molecule has 0 radical (unpaired) electrons. The molecular formula is C15H18N2O3S. The topological polar surface area (TPSA) is 62.6 Å². The summed E-state index contributed by atoms with van der Waals surface area (Å²) in [5, 5.41) is 0. The third kappa shape index (κ3) is 3.11. The van der Waals surface area contributed by atoms with Crippen molar-refractivity contribution in [2.75, 3.05) is 24.2 Å². The molecule has 2 aromatic rings. The second kappa shape index (κ2) is 5.54. The van der Waals surface area contributed by atoms with Crippen molar-refractivity contribution in [2.45, 2.75) is 12.5 Å². The number of nitrogens with one attached hydrogen (secondary N) is 1. The van der Waals surface area contributed by atoms with E-state index in [4.69, 9.17) is 4.42 Å².